The van der Waals surface area contributed by atoms with Gasteiger partial charge in [-0.15, -0.1) is 0 Å². The summed E-state index contributed by atoms with van der Waals surface area (Å²) in [6, 6.07) is 5.66. The van der Waals surface area contributed by atoms with E-state index in [9.17, 15) is 5.11 Å². The van der Waals surface area contributed by atoms with Gasteiger partial charge in [-0.3, -0.25) is 0 Å². The minimum absolute atomic E-state index is 0.313. The van der Waals surface area contributed by atoms with E-state index in [1.807, 2.05) is 18.2 Å². The van der Waals surface area contributed by atoms with Crippen molar-refractivity contribution < 1.29 is 14.6 Å². The van der Waals surface area contributed by atoms with Gasteiger partial charge in [0.2, 0.25) is 0 Å². The van der Waals surface area contributed by atoms with Gasteiger partial charge in [-0.05, 0) is 17.7 Å². The zero-order chi connectivity index (χ0) is 9.97. The summed E-state index contributed by atoms with van der Waals surface area (Å²) < 4.78 is 10.4. The minimum Gasteiger partial charge on any atom is -0.467 e. The Morgan fingerprint density at radius 1 is 1.50 bits per heavy atom. The SMILES string of the molecule is O[C@H](CBr)c1ccc2c(c1)COCO2. The van der Waals surface area contributed by atoms with Gasteiger partial charge in [-0.25, -0.2) is 0 Å². The molecule has 76 valence electrons. The first-order valence-electron chi connectivity index (χ1n) is 4.38. The number of ether oxygens (including phenoxy) is 2. The van der Waals surface area contributed by atoms with Gasteiger partial charge in [0.05, 0.1) is 12.7 Å². The van der Waals surface area contributed by atoms with Crippen LogP contribution < -0.4 is 4.74 Å². The molecule has 14 heavy (non-hydrogen) atoms. The van der Waals surface area contributed by atoms with Crippen LogP contribution in [0.4, 0.5) is 0 Å². The Morgan fingerprint density at radius 3 is 3.14 bits per heavy atom. The smallest absolute Gasteiger partial charge is 0.189 e. The average molecular weight is 259 g/mol. The van der Waals surface area contributed by atoms with Crippen molar-refractivity contribution >= 4 is 15.9 Å². The van der Waals surface area contributed by atoms with Crippen molar-refractivity contribution in [3.05, 3.63) is 29.3 Å². The second-order valence-electron chi connectivity index (χ2n) is 3.15. The van der Waals surface area contributed by atoms with Crippen LogP contribution in [-0.2, 0) is 11.3 Å². The molecule has 1 aliphatic rings. The molecule has 1 heterocycles. The lowest BCUT2D eigenvalue weighted by Crippen LogP contribution is -2.12. The van der Waals surface area contributed by atoms with Crippen molar-refractivity contribution in [3.63, 3.8) is 0 Å². The fourth-order valence-electron chi connectivity index (χ4n) is 1.41. The van der Waals surface area contributed by atoms with Crippen LogP contribution in [0.3, 0.4) is 0 Å². The lowest BCUT2D eigenvalue weighted by atomic mass is 10.1. The number of aliphatic hydroxyl groups excluding tert-OH is 1. The maximum Gasteiger partial charge on any atom is 0.189 e. The Balaban J connectivity index is 2.29. The summed E-state index contributed by atoms with van der Waals surface area (Å²) in [5, 5.41) is 10.1. The van der Waals surface area contributed by atoms with Crippen LogP contribution in [0.15, 0.2) is 18.2 Å². The van der Waals surface area contributed by atoms with Crippen LogP contribution in [0.5, 0.6) is 5.75 Å². The highest BCUT2D eigenvalue weighted by molar-refractivity contribution is 9.09. The van der Waals surface area contributed by atoms with Crippen LogP contribution in [0.25, 0.3) is 0 Å². The maximum atomic E-state index is 9.60. The van der Waals surface area contributed by atoms with Crippen LogP contribution in [0.2, 0.25) is 0 Å². The molecule has 1 atom stereocenters. The van der Waals surface area contributed by atoms with E-state index in [0.717, 1.165) is 16.9 Å². The number of aliphatic hydroxyl groups is 1. The summed E-state index contributed by atoms with van der Waals surface area (Å²) in [7, 11) is 0. The van der Waals surface area contributed by atoms with Crippen molar-refractivity contribution in [1.82, 2.24) is 0 Å². The molecule has 4 heteroatoms. The standard InChI is InChI=1S/C10H11BrO3/c11-4-9(12)7-1-2-10-8(3-7)5-13-6-14-10/h1-3,9,12H,4-6H2/t9-/m1/s1. The van der Waals surface area contributed by atoms with Crippen LogP contribution in [0.1, 0.15) is 17.2 Å². The second-order valence-corrected chi connectivity index (χ2v) is 3.80. The normalized spacial score (nSPS) is 17.0. The molecule has 0 unspecified atom stereocenters. The molecule has 0 spiro atoms. The number of fused-ring (bicyclic) bond motifs is 1. The molecule has 0 radical (unpaired) electrons. The molecule has 0 aromatic heterocycles. The summed E-state index contributed by atoms with van der Waals surface area (Å²) in [4.78, 5) is 0. The highest BCUT2D eigenvalue weighted by Gasteiger charge is 2.13. The molecule has 0 bridgehead atoms. The van der Waals surface area contributed by atoms with Gasteiger partial charge in [-0.2, -0.15) is 0 Å². The minimum atomic E-state index is -0.470. The topological polar surface area (TPSA) is 38.7 Å². The predicted molar refractivity (Wildman–Crippen MR) is 55.5 cm³/mol. The number of alkyl halides is 1. The highest BCUT2D eigenvalue weighted by Crippen LogP contribution is 2.27. The quantitative estimate of drug-likeness (QED) is 0.825. The molecular formula is C10H11BrO3. The number of benzene rings is 1. The van der Waals surface area contributed by atoms with Crippen LogP contribution in [0, 0.1) is 0 Å². The first-order valence-corrected chi connectivity index (χ1v) is 5.51. The molecule has 3 nitrogen and oxygen atoms in total. The van der Waals surface area contributed by atoms with E-state index in [4.69, 9.17) is 9.47 Å². The first kappa shape index (κ1) is 9.96. The lowest BCUT2D eigenvalue weighted by Gasteiger charge is -2.19. The number of hydrogen-bond acceptors (Lipinski definition) is 3. The molecule has 0 fully saturated rings. The third kappa shape index (κ3) is 1.92. The third-order valence-corrected chi connectivity index (χ3v) is 2.78. The van der Waals surface area contributed by atoms with Gasteiger partial charge < -0.3 is 14.6 Å². The highest BCUT2D eigenvalue weighted by atomic mass is 79.9. The zero-order valence-electron chi connectivity index (χ0n) is 7.57. The molecule has 1 aliphatic heterocycles. The number of hydrogen-bond donors (Lipinski definition) is 1. The molecule has 1 aromatic rings. The van der Waals surface area contributed by atoms with E-state index in [0.29, 0.717) is 18.7 Å². The summed E-state index contributed by atoms with van der Waals surface area (Å²) in [6.07, 6.45) is -0.470. The van der Waals surface area contributed by atoms with E-state index in [2.05, 4.69) is 15.9 Å². The third-order valence-electron chi connectivity index (χ3n) is 2.17. The van der Waals surface area contributed by atoms with Crippen LogP contribution >= 0.6 is 15.9 Å². The Kier molecular flexibility index (Phi) is 3.05. The van der Waals surface area contributed by atoms with Gasteiger partial charge in [0, 0.05) is 10.9 Å². The Hall–Kier alpha value is -0.580. The molecule has 0 saturated heterocycles. The number of rotatable bonds is 2. The lowest BCUT2D eigenvalue weighted by molar-refractivity contribution is -0.0165. The van der Waals surface area contributed by atoms with Crippen molar-refractivity contribution in [2.24, 2.45) is 0 Å². The van der Waals surface area contributed by atoms with Gasteiger partial charge >= 0.3 is 0 Å². The molecule has 0 saturated carbocycles. The molecule has 2 rings (SSSR count). The molecule has 0 aliphatic carbocycles. The van der Waals surface area contributed by atoms with E-state index < -0.39 is 6.10 Å². The van der Waals surface area contributed by atoms with Gasteiger partial charge in [0.15, 0.2) is 6.79 Å². The molecule has 1 N–H and O–H groups in total. The largest absolute Gasteiger partial charge is 0.467 e. The van der Waals surface area contributed by atoms with Crippen molar-refractivity contribution in [2.75, 3.05) is 12.1 Å². The predicted octanol–water partition coefficient (Wildman–Crippen LogP) is 1.98. The fraction of sp³-hybridized carbons (Fsp3) is 0.400. The van der Waals surface area contributed by atoms with Crippen molar-refractivity contribution in [1.29, 1.82) is 0 Å². The van der Waals surface area contributed by atoms with E-state index in [1.165, 1.54) is 0 Å². The Bertz CT molecular complexity index is 327. The summed E-state index contributed by atoms with van der Waals surface area (Å²) in [6.45, 7) is 0.867. The summed E-state index contributed by atoms with van der Waals surface area (Å²) in [5.41, 5.74) is 1.88. The van der Waals surface area contributed by atoms with Crippen molar-refractivity contribution in [3.8, 4) is 5.75 Å². The monoisotopic (exact) mass is 258 g/mol. The Morgan fingerprint density at radius 2 is 2.36 bits per heavy atom. The van der Waals surface area contributed by atoms with E-state index in [1.54, 1.807) is 0 Å². The maximum absolute atomic E-state index is 9.60. The first-order chi connectivity index (χ1) is 6.81. The van der Waals surface area contributed by atoms with Crippen molar-refractivity contribution in [2.45, 2.75) is 12.7 Å². The summed E-state index contributed by atoms with van der Waals surface area (Å²) in [5.74, 6) is 0.849. The molecule has 1 aromatic carbocycles. The molecular weight excluding hydrogens is 248 g/mol. The van der Waals surface area contributed by atoms with Gasteiger partial charge in [-0.1, -0.05) is 22.0 Å². The fourth-order valence-corrected chi connectivity index (χ4v) is 1.78. The average Bonchev–Trinajstić information content (AvgIpc) is 2.27. The molecule has 0 amide bonds. The summed E-state index contributed by atoms with van der Waals surface area (Å²) >= 11 is 3.24. The zero-order valence-corrected chi connectivity index (χ0v) is 9.16. The Labute approximate surface area is 90.8 Å². The van der Waals surface area contributed by atoms with Gasteiger partial charge in [0.1, 0.15) is 5.75 Å². The number of halogens is 1. The van der Waals surface area contributed by atoms with E-state index >= 15 is 0 Å². The second kappa shape index (κ2) is 4.29. The van der Waals surface area contributed by atoms with Gasteiger partial charge in [0.25, 0.3) is 0 Å². The van der Waals surface area contributed by atoms with Crippen LogP contribution in [-0.4, -0.2) is 17.2 Å². The van der Waals surface area contributed by atoms with E-state index in [-0.39, 0.29) is 0 Å².